The number of nitrogens with zero attached hydrogens (tertiary/aromatic N) is 6. The van der Waals surface area contributed by atoms with Crippen molar-refractivity contribution >= 4 is 6.03 Å². The first kappa shape index (κ1) is 16.1. The molecule has 1 N–H and O–H groups in total. The zero-order valence-electron chi connectivity index (χ0n) is 14.6. The van der Waals surface area contributed by atoms with E-state index in [4.69, 9.17) is 0 Å². The molecule has 1 saturated heterocycles. The van der Waals surface area contributed by atoms with E-state index in [0.717, 1.165) is 37.6 Å². The quantitative estimate of drug-likeness (QED) is 0.897. The molecule has 2 aliphatic rings. The van der Waals surface area contributed by atoms with Crippen molar-refractivity contribution in [3.8, 4) is 0 Å². The van der Waals surface area contributed by atoms with Crippen LogP contribution in [-0.2, 0) is 6.54 Å². The molecule has 0 unspecified atom stereocenters. The zero-order chi connectivity index (χ0) is 17.2. The van der Waals surface area contributed by atoms with Gasteiger partial charge in [0.05, 0.1) is 12.9 Å². The van der Waals surface area contributed by atoms with Crippen LogP contribution < -0.4 is 5.32 Å². The molecule has 1 aliphatic carbocycles. The maximum Gasteiger partial charge on any atom is 0.317 e. The molecule has 2 amide bonds. The standard InChI is InChI=1S/C17H25N7O/c1-2-19-17(25)23-8-5-13(6-9-23)16-21-20-15(24(16)14-3-4-14)11-22-10-7-18-12-22/h7,10,12-14H,2-6,8-9,11H2,1H3,(H,19,25). The van der Waals surface area contributed by atoms with Crippen LogP contribution in [0.2, 0.25) is 0 Å². The molecule has 3 heterocycles. The van der Waals surface area contributed by atoms with E-state index in [-0.39, 0.29) is 6.03 Å². The average Bonchev–Trinajstić information content (AvgIpc) is 3.17. The lowest BCUT2D eigenvalue weighted by Crippen LogP contribution is -2.44. The van der Waals surface area contributed by atoms with Gasteiger partial charge in [-0.15, -0.1) is 10.2 Å². The fraction of sp³-hybridized carbons (Fsp3) is 0.647. The molecule has 0 radical (unpaired) electrons. The highest BCUT2D eigenvalue weighted by molar-refractivity contribution is 5.74. The molecule has 0 aromatic carbocycles. The summed E-state index contributed by atoms with van der Waals surface area (Å²) in [5.41, 5.74) is 0. The van der Waals surface area contributed by atoms with Crippen LogP contribution in [0.25, 0.3) is 0 Å². The van der Waals surface area contributed by atoms with Crippen molar-refractivity contribution < 1.29 is 4.79 Å². The van der Waals surface area contributed by atoms with Crippen molar-refractivity contribution in [1.82, 2.24) is 34.5 Å². The summed E-state index contributed by atoms with van der Waals surface area (Å²) >= 11 is 0. The second-order valence-electron chi connectivity index (χ2n) is 6.91. The number of piperidine rings is 1. The summed E-state index contributed by atoms with van der Waals surface area (Å²) in [5.74, 6) is 2.50. The highest BCUT2D eigenvalue weighted by Gasteiger charge is 2.34. The van der Waals surface area contributed by atoms with Gasteiger partial charge >= 0.3 is 6.03 Å². The summed E-state index contributed by atoms with van der Waals surface area (Å²) in [6.45, 7) is 4.90. The summed E-state index contributed by atoms with van der Waals surface area (Å²) in [5, 5.41) is 11.9. The normalized spacial score (nSPS) is 18.5. The van der Waals surface area contributed by atoms with Gasteiger partial charge in [0.25, 0.3) is 0 Å². The van der Waals surface area contributed by atoms with Crippen LogP contribution in [0.15, 0.2) is 18.7 Å². The number of urea groups is 1. The van der Waals surface area contributed by atoms with E-state index in [1.807, 2.05) is 28.9 Å². The number of hydrogen-bond acceptors (Lipinski definition) is 4. The minimum atomic E-state index is 0.0467. The molecule has 1 saturated carbocycles. The molecule has 1 aliphatic heterocycles. The van der Waals surface area contributed by atoms with E-state index < -0.39 is 0 Å². The predicted octanol–water partition coefficient (Wildman–Crippen LogP) is 1.77. The Kier molecular flexibility index (Phi) is 4.42. The van der Waals surface area contributed by atoms with Crippen molar-refractivity contribution in [3.63, 3.8) is 0 Å². The molecule has 2 fully saturated rings. The third kappa shape index (κ3) is 3.38. The van der Waals surface area contributed by atoms with Crippen LogP contribution in [0.3, 0.4) is 0 Å². The Bertz CT molecular complexity index is 711. The van der Waals surface area contributed by atoms with Crippen molar-refractivity contribution in [3.05, 3.63) is 30.4 Å². The summed E-state index contributed by atoms with van der Waals surface area (Å²) in [7, 11) is 0. The number of imidazole rings is 1. The number of hydrogen-bond donors (Lipinski definition) is 1. The average molecular weight is 343 g/mol. The van der Waals surface area contributed by atoms with Gasteiger partial charge in [0.15, 0.2) is 5.82 Å². The zero-order valence-corrected chi connectivity index (χ0v) is 14.6. The number of nitrogens with one attached hydrogen (secondary N) is 1. The Morgan fingerprint density at radius 2 is 2.04 bits per heavy atom. The highest BCUT2D eigenvalue weighted by atomic mass is 16.2. The van der Waals surface area contributed by atoms with Gasteiger partial charge in [-0.3, -0.25) is 0 Å². The Labute approximate surface area is 147 Å². The number of rotatable bonds is 5. The first-order chi connectivity index (χ1) is 12.3. The number of carbonyl (C=O) groups is 1. The van der Waals surface area contributed by atoms with Crippen LogP contribution in [0.4, 0.5) is 4.79 Å². The fourth-order valence-corrected chi connectivity index (χ4v) is 3.60. The molecule has 25 heavy (non-hydrogen) atoms. The number of aromatic nitrogens is 5. The molecule has 4 rings (SSSR count). The molecular weight excluding hydrogens is 318 g/mol. The molecule has 0 spiro atoms. The van der Waals surface area contributed by atoms with Gasteiger partial charge < -0.3 is 19.4 Å². The minimum Gasteiger partial charge on any atom is -0.338 e. The largest absolute Gasteiger partial charge is 0.338 e. The smallest absolute Gasteiger partial charge is 0.317 e. The molecule has 8 heteroatoms. The highest BCUT2D eigenvalue weighted by Crippen LogP contribution is 2.39. The Hall–Kier alpha value is -2.38. The maximum absolute atomic E-state index is 12.0. The molecule has 2 aromatic rings. The summed E-state index contributed by atoms with van der Waals surface area (Å²) in [6.07, 6.45) is 9.88. The van der Waals surface area contributed by atoms with Crippen LogP contribution in [0, 0.1) is 0 Å². The van der Waals surface area contributed by atoms with Gasteiger partial charge in [-0.05, 0) is 32.6 Å². The van der Waals surface area contributed by atoms with E-state index in [0.29, 0.717) is 25.0 Å². The van der Waals surface area contributed by atoms with Crippen molar-refractivity contribution in [1.29, 1.82) is 0 Å². The van der Waals surface area contributed by atoms with Gasteiger partial charge in [-0.25, -0.2) is 9.78 Å². The third-order valence-electron chi connectivity index (χ3n) is 5.06. The van der Waals surface area contributed by atoms with Gasteiger partial charge in [0.1, 0.15) is 5.82 Å². The Morgan fingerprint density at radius 3 is 2.68 bits per heavy atom. The first-order valence-electron chi connectivity index (χ1n) is 9.18. The summed E-state index contributed by atoms with van der Waals surface area (Å²) < 4.78 is 4.39. The van der Waals surface area contributed by atoms with Crippen LogP contribution in [-0.4, -0.2) is 54.9 Å². The van der Waals surface area contributed by atoms with Gasteiger partial charge in [-0.2, -0.15) is 0 Å². The Morgan fingerprint density at radius 1 is 1.24 bits per heavy atom. The van der Waals surface area contributed by atoms with E-state index >= 15 is 0 Å². The molecule has 0 bridgehead atoms. The lowest BCUT2D eigenvalue weighted by Gasteiger charge is -2.31. The van der Waals surface area contributed by atoms with Crippen LogP contribution >= 0.6 is 0 Å². The summed E-state index contributed by atoms with van der Waals surface area (Å²) in [6, 6.07) is 0.593. The van der Waals surface area contributed by atoms with E-state index in [9.17, 15) is 4.79 Å². The maximum atomic E-state index is 12.0. The monoisotopic (exact) mass is 343 g/mol. The van der Waals surface area contributed by atoms with Crippen LogP contribution in [0.5, 0.6) is 0 Å². The molecule has 8 nitrogen and oxygen atoms in total. The lowest BCUT2D eigenvalue weighted by atomic mass is 9.96. The van der Waals surface area contributed by atoms with E-state index in [1.165, 1.54) is 12.8 Å². The number of likely N-dealkylation sites (tertiary alicyclic amines) is 1. The van der Waals surface area contributed by atoms with Gasteiger partial charge in [0, 0.05) is 44.0 Å². The third-order valence-corrected chi connectivity index (χ3v) is 5.06. The molecular formula is C17H25N7O. The second kappa shape index (κ2) is 6.85. The van der Waals surface area contributed by atoms with Gasteiger partial charge in [0.2, 0.25) is 0 Å². The lowest BCUT2D eigenvalue weighted by molar-refractivity contribution is 0.180. The van der Waals surface area contributed by atoms with Crippen molar-refractivity contribution in [2.75, 3.05) is 19.6 Å². The molecule has 2 aromatic heterocycles. The predicted molar refractivity (Wildman–Crippen MR) is 92.2 cm³/mol. The SMILES string of the molecule is CCNC(=O)N1CCC(c2nnc(Cn3ccnc3)n2C2CC2)CC1. The van der Waals surface area contributed by atoms with Crippen molar-refractivity contribution in [2.45, 2.75) is 51.1 Å². The second-order valence-corrected chi connectivity index (χ2v) is 6.91. The number of carbonyl (C=O) groups excluding carboxylic acids is 1. The van der Waals surface area contributed by atoms with Crippen LogP contribution in [0.1, 0.15) is 56.2 Å². The first-order valence-corrected chi connectivity index (χ1v) is 9.18. The topological polar surface area (TPSA) is 80.9 Å². The van der Waals surface area contributed by atoms with Crippen molar-refractivity contribution in [2.24, 2.45) is 0 Å². The van der Waals surface area contributed by atoms with E-state index in [2.05, 4.69) is 25.1 Å². The van der Waals surface area contributed by atoms with Gasteiger partial charge in [-0.1, -0.05) is 0 Å². The summed E-state index contributed by atoms with van der Waals surface area (Å²) in [4.78, 5) is 18.0. The molecule has 134 valence electrons. The molecule has 0 atom stereocenters. The number of amides is 2. The Balaban J connectivity index is 1.48. The fourth-order valence-electron chi connectivity index (χ4n) is 3.60. The van der Waals surface area contributed by atoms with E-state index in [1.54, 1.807) is 6.20 Å². The minimum absolute atomic E-state index is 0.0467.